The fraction of sp³-hybridized carbons (Fsp3) is 0.154. The van der Waals surface area contributed by atoms with E-state index in [1.54, 1.807) is 42.5 Å². The van der Waals surface area contributed by atoms with Gasteiger partial charge in [-0.3, -0.25) is 14.5 Å². The molecule has 7 heteroatoms. The van der Waals surface area contributed by atoms with E-state index in [1.807, 2.05) is 19.9 Å². The van der Waals surface area contributed by atoms with Crippen LogP contribution in [0.5, 0.6) is 5.75 Å². The normalized spacial score (nSPS) is 17.5. The lowest BCUT2D eigenvalue weighted by Crippen LogP contribution is -2.30. The van der Waals surface area contributed by atoms with E-state index in [9.17, 15) is 23.5 Å². The van der Waals surface area contributed by atoms with Crippen molar-refractivity contribution in [2.24, 2.45) is 0 Å². The molecule has 1 unspecified atom stereocenters. The SMILES string of the molecule is CCOc1cccc(/C(O)=C2\C(=O)C(=O)N(c3cc(F)ccc3F)C2c2cccc(C)c2)c1. The molecule has 1 N–H and O–H groups in total. The van der Waals surface area contributed by atoms with Gasteiger partial charge < -0.3 is 9.84 Å². The number of amides is 1. The maximum absolute atomic E-state index is 14.7. The molecule has 0 radical (unpaired) electrons. The van der Waals surface area contributed by atoms with Crippen molar-refractivity contribution < 1.29 is 28.2 Å². The molecule has 3 aromatic rings. The summed E-state index contributed by atoms with van der Waals surface area (Å²) in [6, 6.07) is 14.9. The van der Waals surface area contributed by atoms with Gasteiger partial charge in [0, 0.05) is 11.6 Å². The number of benzene rings is 3. The van der Waals surface area contributed by atoms with E-state index in [4.69, 9.17) is 4.74 Å². The number of ketones is 1. The van der Waals surface area contributed by atoms with Crippen LogP contribution in [0.2, 0.25) is 0 Å². The molecule has 3 aromatic carbocycles. The number of rotatable bonds is 5. The van der Waals surface area contributed by atoms with E-state index in [0.29, 0.717) is 17.9 Å². The summed E-state index contributed by atoms with van der Waals surface area (Å²) in [4.78, 5) is 27.1. The number of anilines is 1. The first-order chi connectivity index (χ1) is 15.8. The number of aliphatic hydroxyl groups is 1. The first kappa shape index (κ1) is 22.2. The van der Waals surface area contributed by atoms with Crippen molar-refractivity contribution in [2.45, 2.75) is 19.9 Å². The van der Waals surface area contributed by atoms with Crippen molar-refractivity contribution in [3.63, 3.8) is 0 Å². The van der Waals surface area contributed by atoms with Crippen molar-refractivity contribution in [1.29, 1.82) is 0 Å². The summed E-state index contributed by atoms with van der Waals surface area (Å²) in [5.41, 5.74) is 0.960. The number of carbonyl (C=O) groups excluding carboxylic acids is 2. The van der Waals surface area contributed by atoms with Crippen LogP contribution < -0.4 is 9.64 Å². The molecule has 1 aliphatic rings. The highest BCUT2D eigenvalue weighted by Gasteiger charge is 2.47. The van der Waals surface area contributed by atoms with Crippen LogP contribution in [0.15, 0.2) is 72.3 Å². The maximum Gasteiger partial charge on any atom is 0.300 e. The van der Waals surface area contributed by atoms with Crippen molar-refractivity contribution in [1.82, 2.24) is 0 Å². The molecule has 0 saturated carbocycles. The molecule has 33 heavy (non-hydrogen) atoms. The molecule has 1 saturated heterocycles. The number of Topliss-reactive ketones (excluding diaryl/α,β-unsaturated/α-hetero) is 1. The van der Waals surface area contributed by atoms with Crippen LogP contribution in [0.25, 0.3) is 5.76 Å². The molecule has 0 spiro atoms. The Balaban J connectivity index is 1.96. The molecular formula is C26H21F2NO4. The van der Waals surface area contributed by atoms with Crippen LogP contribution >= 0.6 is 0 Å². The second kappa shape index (κ2) is 8.86. The first-order valence-electron chi connectivity index (χ1n) is 10.4. The average molecular weight is 449 g/mol. The number of halogens is 2. The number of nitrogens with zero attached hydrogens (tertiary/aromatic N) is 1. The molecule has 0 aliphatic carbocycles. The topological polar surface area (TPSA) is 66.8 Å². The van der Waals surface area contributed by atoms with Gasteiger partial charge in [0.05, 0.1) is 23.9 Å². The summed E-state index contributed by atoms with van der Waals surface area (Å²) >= 11 is 0. The third-order valence-corrected chi connectivity index (χ3v) is 5.39. The molecule has 1 amide bonds. The molecular weight excluding hydrogens is 428 g/mol. The zero-order valence-electron chi connectivity index (χ0n) is 18.0. The molecule has 168 valence electrons. The maximum atomic E-state index is 14.7. The lowest BCUT2D eigenvalue weighted by atomic mass is 9.94. The van der Waals surface area contributed by atoms with Crippen LogP contribution in [0.1, 0.15) is 29.7 Å². The summed E-state index contributed by atoms with van der Waals surface area (Å²) in [5, 5.41) is 11.1. The Morgan fingerprint density at radius 3 is 2.52 bits per heavy atom. The summed E-state index contributed by atoms with van der Waals surface area (Å²) in [5.74, 6) is -3.65. The zero-order chi connectivity index (χ0) is 23.7. The molecule has 1 fully saturated rings. The highest BCUT2D eigenvalue weighted by Crippen LogP contribution is 2.43. The third-order valence-electron chi connectivity index (χ3n) is 5.39. The second-order valence-electron chi connectivity index (χ2n) is 7.64. The van der Waals surface area contributed by atoms with Gasteiger partial charge in [-0.25, -0.2) is 8.78 Å². The van der Waals surface area contributed by atoms with Crippen molar-refractivity contribution in [2.75, 3.05) is 11.5 Å². The van der Waals surface area contributed by atoms with Gasteiger partial charge >= 0.3 is 0 Å². The van der Waals surface area contributed by atoms with E-state index in [0.717, 1.165) is 28.7 Å². The minimum absolute atomic E-state index is 0.220. The Hall–Kier alpha value is -4.00. The van der Waals surface area contributed by atoms with E-state index in [-0.39, 0.29) is 16.8 Å². The molecule has 1 aliphatic heterocycles. The quantitative estimate of drug-likeness (QED) is 0.326. The van der Waals surface area contributed by atoms with Gasteiger partial charge in [0.1, 0.15) is 23.1 Å². The van der Waals surface area contributed by atoms with Crippen LogP contribution in [0, 0.1) is 18.6 Å². The lowest BCUT2D eigenvalue weighted by molar-refractivity contribution is -0.132. The van der Waals surface area contributed by atoms with E-state index in [1.165, 1.54) is 0 Å². The highest BCUT2D eigenvalue weighted by atomic mass is 19.1. The van der Waals surface area contributed by atoms with E-state index < -0.39 is 35.1 Å². The summed E-state index contributed by atoms with van der Waals surface area (Å²) < 4.78 is 34.2. The summed E-state index contributed by atoms with van der Waals surface area (Å²) in [6.07, 6.45) is 0. The summed E-state index contributed by atoms with van der Waals surface area (Å²) in [6.45, 7) is 4.03. The fourth-order valence-electron chi connectivity index (χ4n) is 3.96. The minimum Gasteiger partial charge on any atom is -0.507 e. The molecule has 5 nitrogen and oxygen atoms in total. The van der Waals surface area contributed by atoms with Crippen molar-refractivity contribution in [3.05, 3.63) is 101 Å². The number of ether oxygens (including phenoxy) is 1. The fourth-order valence-corrected chi connectivity index (χ4v) is 3.96. The summed E-state index contributed by atoms with van der Waals surface area (Å²) in [7, 11) is 0. The van der Waals surface area contributed by atoms with Gasteiger partial charge in [0.15, 0.2) is 0 Å². The van der Waals surface area contributed by atoms with Gasteiger partial charge in [-0.1, -0.05) is 42.0 Å². The molecule has 0 bridgehead atoms. The van der Waals surface area contributed by atoms with Gasteiger partial charge in [-0.05, 0) is 43.7 Å². The van der Waals surface area contributed by atoms with Gasteiger partial charge in [0.2, 0.25) is 0 Å². The van der Waals surface area contributed by atoms with Crippen LogP contribution in [0.3, 0.4) is 0 Å². The lowest BCUT2D eigenvalue weighted by Gasteiger charge is -2.26. The Kier molecular flexibility index (Phi) is 5.96. The van der Waals surface area contributed by atoms with E-state index in [2.05, 4.69) is 0 Å². The average Bonchev–Trinajstić information content (AvgIpc) is 3.06. The first-order valence-corrected chi connectivity index (χ1v) is 10.4. The van der Waals surface area contributed by atoms with Crippen LogP contribution in [-0.2, 0) is 9.59 Å². The zero-order valence-corrected chi connectivity index (χ0v) is 18.0. The van der Waals surface area contributed by atoms with Crippen LogP contribution in [0.4, 0.5) is 14.5 Å². The Bertz CT molecular complexity index is 1280. The number of hydrogen-bond donors (Lipinski definition) is 1. The van der Waals surface area contributed by atoms with E-state index >= 15 is 0 Å². The predicted molar refractivity (Wildman–Crippen MR) is 120 cm³/mol. The number of aryl methyl sites for hydroxylation is 1. The van der Waals surface area contributed by atoms with Gasteiger partial charge in [0.25, 0.3) is 11.7 Å². The second-order valence-corrected chi connectivity index (χ2v) is 7.64. The van der Waals surface area contributed by atoms with Gasteiger partial charge in [-0.15, -0.1) is 0 Å². The smallest absolute Gasteiger partial charge is 0.300 e. The number of aliphatic hydroxyl groups excluding tert-OH is 1. The Morgan fingerprint density at radius 2 is 1.79 bits per heavy atom. The third kappa shape index (κ3) is 4.09. The molecule has 4 rings (SSSR count). The minimum atomic E-state index is -1.16. The van der Waals surface area contributed by atoms with Crippen molar-refractivity contribution in [3.8, 4) is 5.75 Å². The molecule has 0 aromatic heterocycles. The molecule has 1 heterocycles. The Morgan fingerprint density at radius 1 is 1.03 bits per heavy atom. The number of hydrogen-bond acceptors (Lipinski definition) is 4. The van der Waals surface area contributed by atoms with Crippen molar-refractivity contribution >= 4 is 23.1 Å². The molecule has 1 atom stereocenters. The Labute approximate surface area is 189 Å². The largest absolute Gasteiger partial charge is 0.507 e. The standard InChI is InChI=1S/C26H21F2NO4/c1-3-33-19-9-5-8-17(13-19)24(30)22-23(16-7-4-6-15(2)12-16)29(26(32)25(22)31)21-14-18(27)10-11-20(21)28/h4-14,23,30H,3H2,1-2H3/b24-22+. The van der Waals surface area contributed by atoms with Gasteiger partial charge in [-0.2, -0.15) is 0 Å². The number of carbonyl (C=O) groups is 2. The van der Waals surface area contributed by atoms with Crippen LogP contribution in [-0.4, -0.2) is 23.4 Å². The predicted octanol–water partition coefficient (Wildman–Crippen LogP) is 5.30. The highest BCUT2D eigenvalue weighted by molar-refractivity contribution is 6.51. The monoisotopic (exact) mass is 449 g/mol.